The molecule has 0 aromatic heterocycles. The molecule has 0 spiro atoms. The number of aliphatic hydroxyl groups is 1. The van der Waals surface area contributed by atoms with Gasteiger partial charge in [0.15, 0.2) is 0 Å². The van der Waals surface area contributed by atoms with Crippen LogP contribution < -0.4 is 0 Å². The van der Waals surface area contributed by atoms with Crippen LogP contribution in [0.1, 0.15) is 44.0 Å². The molecular weight excluding hydrogens is 312 g/mol. The van der Waals surface area contributed by atoms with Crippen LogP contribution in [0, 0.1) is 0 Å². The average Bonchev–Trinajstić information content (AvgIpc) is 2.46. The molecule has 1 fully saturated rings. The standard InChI is InChI=1S/C18H27ClN2O2/c1-4-5-16(10-20-11-17(22)12-20)21(13(2)3)18(23)14-6-8-15(19)9-7-14/h6-9,13,16-17,22H,4-5,10-12H2,1-3H3. The van der Waals surface area contributed by atoms with Crippen molar-refractivity contribution in [2.45, 2.75) is 51.8 Å². The van der Waals surface area contributed by atoms with E-state index < -0.39 is 0 Å². The molecule has 1 atom stereocenters. The summed E-state index contributed by atoms with van der Waals surface area (Å²) in [5, 5.41) is 10.1. The van der Waals surface area contributed by atoms with E-state index in [4.69, 9.17) is 11.6 Å². The summed E-state index contributed by atoms with van der Waals surface area (Å²) < 4.78 is 0. The second-order valence-electron chi connectivity index (χ2n) is 6.63. The predicted octanol–water partition coefficient (Wildman–Crippen LogP) is 3.04. The molecule has 4 nitrogen and oxygen atoms in total. The molecule has 1 saturated heterocycles. The quantitative estimate of drug-likeness (QED) is 0.831. The molecule has 1 aromatic carbocycles. The first kappa shape index (κ1) is 18.2. The van der Waals surface area contributed by atoms with E-state index in [1.165, 1.54) is 0 Å². The van der Waals surface area contributed by atoms with Gasteiger partial charge in [-0.3, -0.25) is 9.69 Å². The minimum absolute atomic E-state index is 0.0520. The first-order valence-electron chi connectivity index (χ1n) is 8.41. The van der Waals surface area contributed by atoms with Crippen molar-refractivity contribution < 1.29 is 9.90 Å². The highest BCUT2D eigenvalue weighted by Crippen LogP contribution is 2.20. The van der Waals surface area contributed by atoms with Crippen LogP contribution in [0.3, 0.4) is 0 Å². The number of carbonyl (C=O) groups excluding carboxylic acids is 1. The van der Waals surface area contributed by atoms with Crippen LogP contribution in [0.15, 0.2) is 24.3 Å². The second-order valence-corrected chi connectivity index (χ2v) is 7.06. The maximum absolute atomic E-state index is 13.0. The summed E-state index contributed by atoms with van der Waals surface area (Å²) in [7, 11) is 0. The zero-order chi connectivity index (χ0) is 17.0. The van der Waals surface area contributed by atoms with Gasteiger partial charge in [-0.1, -0.05) is 24.9 Å². The van der Waals surface area contributed by atoms with Gasteiger partial charge in [0.2, 0.25) is 0 Å². The molecule has 2 rings (SSSR count). The first-order valence-corrected chi connectivity index (χ1v) is 8.78. The van der Waals surface area contributed by atoms with E-state index in [1.54, 1.807) is 24.3 Å². The van der Waals surface area contributed by atoms with Crippen molar-refractivity contribution in [3.8, 4) is 0 Å². The van der Waals surface area contributed by atoms with Gasteiger partial charge in [0.05, 0.1) is 6.10 Å². The molecule has 1 N–H and O–H groups in total. The van der Waals surface area contributed by atoms with Gasteiger partial charge in [0.25, 0.3) is 5.91 Å². The number of hydrogen-bond donors (Lipinski definition) is 1. The Morgan fingerprint density at radius 2 is 1.96 bits per heavy atom. The van der Waals surface area contributed by atoms with E-state index in [9.17, 15) is 9.90 Å². The van der Waals surface area contributed by atoms with Gasteiger partial charge in [-0.15, -0.1) is 0 Å². The van der Waals surface area contributed by atoms with E-state index in [2.05, 4.69) is 25.7 Å². The summed E-state index contributed by atoms with van der Waals surface area (Å²) in [5.41, 5.74) is 0.674. The smallest absolute Gasteiger partial charge is 0.254 e. The number of nitrogens with zero attached hydrogens (tertiary/aromatic N) is 2. The zero-order valence-electron chi connectivity index (χ0n) is 14.2. The van der Waals surface area contributed by atoms with Crippen molar-refractivity contribution in [3.63, 3.8) is 0 Å². The molecule has 128 valence electrons. The molecule has 5 heteroatoms. The number of hydrogen-bond acceptors (Lipinski definition) is 3. The number of aliphatic hydroxyl groups excluding tert-OH is 1. The summed E-state index contributed by atoms with van der Waals surface area (Å²) in [5.74, 6) is 0.0520. The van der Waals surface area contributed by atoms with Gasteiger partial charge in [0.1, 0.15) is 0 Å². The van der Waals surface area contributed by atoms with Crippen molar-refractivity contribution in [1.29, 1.82) is 0 Å². The predicted molar refractivity (Wildman–Crippen MR) is 93.9 cm³/mol. The summed E-state index contributed by atoms with van der Waals surface area (Å²) in [4.78, 5) is 17.2. The fourth-order valence-corrected chi connectivity index (χ4v) is 3.33. The number of carbonyl (C=O) groups is 1. The third-order valence-corrected chi connectivity index (χ3v) is 4.56. The molecule has 1 aliphatic rings. The van der Waals surface area contributed by atoms with Gasteiger partial charge in [0, 0.05) is 42.3 Å². The lowest BCUT2D eigenvalue weighted by Crippen LogP contribution is -2.57. The molecule has 0 saturated carbocycles. The summed E-state index contributed by atoms with van der Waals surface area (Å²) in [6.07, 6.45) is 1.78. The maximum Gasteiger partial charge on any atom is 0.254 e. The number of β-amino-alcohol motifs (C(OH)–C–C–N with tert-alkyl or cyclic N) is 1. The van der Waals surface area contributed by atoms with E-state index in [-0.39, 0.29) is 24.1 Å². The normalized spacial score (nSPS) is 17.1. The Bertz CT molecular complexity index is 512. The van der Waals surface area contributed by atoms with Crippen molar-refractivity contribution in [2.75, 3.05) is 19.6 Å². The number of likely N-dealkylation sites (tertiary alicyclic amines) is 1. The third-order valence-electron chi connectivity index (χ3n) is 4.30. The lowest BCUT2D eigenvalue weighted by atomic mass is 10.0. The molecule has 0 bridgehead atoms. The van der Waals surface area contributed by atoms with Crippen LogP contribution in [0.4, 0.5) is 0 Å². The fourth-order valence-electron chi connectivity index (χ4n) is 3.20. The lowest BCUT2D eigenvalue weighted by Gasteiger charge is -2.43. The van der Waals surface area contributed by atoms with Crippen LogP contribution in [-0.4, -0.2) is 58.6 Å². The lowest BCUT2D eigenvalue weighted by molar-refractivity contribution is -0.0160. The van der Waals surface area contributed by atoms with E-state index in [0.29, 0.717) is 23.7 Å². The Hall–Kier alpha value is -1.10. The monoisotopic (exact) mass is 338 g/mol. The SMILES string of the molecule is CCCC(CN1CC(O)C1)N(C(=O)c1ccc(Cl)cc1)C(C)C. The molecular formula is C18H27ClN2O2. The molecule has 1 unspecified atom stereocenters. The largest absolute Gasteiger partial charge is 0.390 e. The second kappa shape index (κ2) is 8.13. The van der Waals surface area contributed by atoms with Crippen LogP contribution in [-0.2, 0) is 0 Å². The van der Waals surface area contributed by atoms with E-state index in [1.807, 2.05) is 4.90 Å². The van der Waals surface area contributed by atoms with Gasteiger partial charge in [-0.2, -0.15) is 0 Å². The Morgan fingerprint density at radius 3 is 2.43 bits per heavy atom. The maximum atomic E-state index is 13.0. The van der Waals surface area contributed by atoms with Crippen molar-refractivity contribution in [3.05, 3.63) is 34.9 Å². The van der Waals surface area contributed by atoms with Gasteiger partial charge in [-0.05, 0) is 44.5 Å². The number of benzene rings is 1. The Balaban J connectivity index is 2.15. The topological polar surface area (TPSA) is 43.8 Å². The van der Waals surface area contributed by atoms with Crippen molar-refractivity contribution in [2.24, 2.45) is 0 Å². The summed E-state index contributed by atoms with van der Waals surface area (Å²) in [6, 6.07) is 7.38. The molecule has 0 aliphatic carbocycles. The Morgan fingerprint density at radius 1 is 1.35 bits per heavy atom. The van der Waals surface area contributed by atoms with Crippen LogP contribution in [0.2, 0.25) is 5.02 Å². The average molecular weight is 339 g/mol. The highest BCUT2D eigenvalue weighted by molar-refractivity contribution is 6.30. The van der Waals surface area contributed by atoms with Crippen LogP contribution >= 0.6 is 11.6 Å². The van der Waals surface area contributed by atoms with Crippen LogP contribution in [0.5, 0.6) is 0 Å². The number of halogens is 1. The van der Waals surface area contributed by atoms with Gasteiger partial charge >= 0.3 is 0 Å². The van der Waals surface area contributed by atoms with Gasteiger partial charge < -0.3 is 10.0 Å². The van der Waals surface area contributed by atoms with E-state index >= 15 is 0 Å². The van der Waals surface area contributed by atoms with Crippen LogP contribution in [0.25, 0.3) is 0 Å². The minimum atomic E-state index is -0.211. The number of rotatable bonds is 7. The third kappa shape index (κ3) is 4.69. The Kier molecular flexibility index (Phi) is 6.45. The minimum Gasteiger partial charge on any atom is -0.390 e. The molecule has 1 amide bonds. The van der Waals surface area contributed by atoms with Crippen molar-refractivity contribution in [1.82, 2.24) is 9.80 Å². The first-order chi connectivity index (χ1) is 10.9. The summed E-state index contributed by atoms with van der Waals surface area (Å²) in [6.45, 7) is 8.50. The molecule has 1 heterocycles. The number of amides is 1. The van der Waals surface area contributed by atoms with Crippen molar-refractivity contribution >= 4 is 17.5 Å². The Labute approximate surface area is 144 Å². The zero-order valence-corrected chi connectivity index (χ0v) is 15.0. The fraction of sp³-hybridized carbons (Fsp3) is 0.611. The molecule has 1 aliphatic heterocycles. The highest BCUT2D eigenvalue weighted by Gasteiger charge is 2.32. The van der Waals surface area contributed by atoms with E-state index in [0.717, 1.165) is 19.4 Å². The van der Waals surface area contributed by atoms with Gasteiger partial charge in [-0.25, -0.2) is 0 Å². The summed E-state index contributed by atoms with van der Waals surface area (Å²) >= 11 is 5.92. The molecule has 0 radical (unpaired) electrons. The molecule has 1 aromatic rings. The molecule has 23 heavy (non-hydrogen) atoms. The highest BCUT2D eigenvalue weighted by atomic mass is 35.5.